The number of carbonyl (C=O) groups is 1. The Kier molecular flexibility index (Phi) is 5.60. The minimum atomic E-state index is -3.87. The van der Waals surface area contributed by atoms with Crippen LogP contribution in [-0.2, 0) is 16.6 Å². The Balaban J connectivity index is 1.76. The first-order chi connectivity index (χ1) is 12.4. The molecule has 1 saturated carbocycles. The van der Waals surface area contributed by atoms with Gasteiger partial charge >= 0.3 is 0 Å². The first-order valence-corrected chi connectivity index (χ1v) is 10.2. The smallest absolute Gasteiger partial charge is 0.251 e. The van der Waals surface area contributed by atoms with E-state index >= 15 is 0 Å². The van der Waals surface area contributed by atoms with E-state index < -0.39 is 10.0 Å². The van der Waals surface area contributed by atoms with E-state index in [4.69, 9.17) is 11.6 Å². The van der Waals surface area contributed by atoms with Crippen LogP contribution in [0.2, 0.25) is 5.02 Å². The first kappa shape index (κ1) is 18.8. The molecule has 0 bridgehead atoms. The van der Waals surface area contributed by atoms with Gasteiger partial charge in [-0.1, -0.05) is 17.7 Å². The quantitative estimate of drug-likeness (QED) is 0.757. The zero-order chi connectivity index (χ0) is 18.7. The minimum absolute atomic E-state index is 0.0653. The summed E-state index contributed by atoms with van der Waals surface area (Å²) >= 11 is 6.07. The minimum Gasteiger partial charge on any atom is -0.349 e. The van der Waals surface area contributed by atoms with E-state index in [2.05, 4.69) is 15.0 Å². The third-order valence-electron chi connectivity index (χ3n) is 4.36. The van der Waals surface area contributed by atoms with Crippen molar-refractivity contribution in [3.63, 3.8) is 0 Å². The predicted molar refractivity (Wildman–Crippen MR) is 99.4 cm³/mol. The molecule has 2 aromatic rings. The van der Waals surface area contributed by atoms with Gasteiger partial charge in [0.1, 0.15) is 4.90 Å². The predicted octanol–water partition coefficient (Wildman–Crippen LogP) is 2.74. The highest BCUT2D eigenvalue weighted by atomic mass is 35.5. The molecule has 8 heteroatoms. The number of nitrogens with one attached hydrogen (secondary N) is 2. The standard InChI is InChI=1S/C18H20ClN3O3S/c1-12(14-4-5-14)22-18(23)15-6-7-16(19)17(9-15)26(24,25)21-11-13-3-2-8-20-10-13/h2-3,6-10,12,14,21H,4-5,11H2,1H3,(H,22,23)/t12-/m0/s1. The number of sulfonamides is 1. The monoisotopic (exact) mass is 393 g/mol. The summed E-state index contributed by atoms with van der Waals surface area (Å²) in [4.78, 5) is 16.2. The van der Waals surface area contributed by atoms with Crippen molar-refractivity contribution in [1.29, 1.82) is 0 Å². The van der Waals surface area contributed by atoms with Crippen molar-refractivity contribution in [3.8, 4) is 0 Å². The molecule has 0 radical (unpaired) electrons. The van der Waals surface area contributed by atoms with E-state index in [1.54, 1.807) is 24.5 Å². The summed E-state index contributed by atoms with van der Waals surface area (Å²) in [6.07, 6.45) is 5.41. The lowest BCUT2D eigenvalue weighted by Gasteiger charge is -2.14. The van der Waals surface area contributed by atoms with Gasteiger partial charge in [0.25, 0.3) is 5.91 Å². The lowest BCUT2D eigenvalue weighted by molar-refractivity contribution is 0.0935. The van der Waals surface area contributed by atoms with Crippen LogP contribution in [0.4, 0.5) is 0 Å². The number of pyridine rings is 1. The van der Waals surface area contributed by atoms with Gasteiger partial charge in [-0.25, -0.2) is 13.1 Å². The maximum absolute atomic E-state index is 12.6. The van der Waals surface area contributed by atoms with Crippen LogP contribution < -0.4 is 10.0 Å². The Morgan fingerprint density at radius 2 is 2.12 bits per heavy atom. The molecule has 0 aliphatic heterocycles. The molecule has 1 atom stereocenters. The van der Waals surface area contributed by atoms with Crippen molar-refractivity contribution >= 4 is 27.5 Å². The highest BCUT2D eigenvalue weighted by Crippen LogP contribution is 2.32. The van der Waals surface area contributed by atoms with Crippen molar-refractivity contribution < 1.29 is 13.2 Å². The van der Waals surface area contributed by atoms with Gasteiger partial charge in [-0.2, -0.15) is 0 Å². The van der Waals surface area contributed by atoms with Crippen LogP contribution in [0.3, 0.4) is 0 Å². The maximum atomic E-state index is 12.6. The lowest BCUT2D eigenvalue weighted by atomic mass is 10.1. The van der Waals surface area contributed by atoms with Crippen LogP contribution in [0, 0.1) is 5.92 Å². The van der Waals surface area contributed by atoms with Gasteiger partial charge in [-0.15, -0.1) is 0 Å². The molecule has 1 heterocycles. The second-order valence-electron chi connectivity index (χ2n) is 6.43. The van der Waals surface area contributed by atoms with Crippen LogP contribution in [-0.4, -0.2) is 25.4 Å². The molecule has 2 N–H and O–H groups in total. The third-order valence-corrected chi connectivity index (χ3v) is 6.24. The second-order valence-corrected chi connectivity index (χ2v) is 8.57. The number of carbonyl (C=O) groups excluding carboxylic acids is 1. The topological polar surface area (TPSA) is 88.2 Å². The maximum Gasteiger partial charge on any atom is 0.251 e. The van der Waals surface area contributed by atoms with Crippen LogP contribution in [0.5, 0.6) is 0 Å². The molecular weight excluding hydrogens is 374 g/mol. The van der Waals surface area contributed by atoms with E-state index in [0.29, 0.717) is 5.92 Å². The van der Waals surface area contributed by atoms with E-state index in [-0.39, 0.29) is 34.0 Å². The number of halogens is 1. The van der Waals surface area contributed by atoms with Gasteiger partial charge in [-0.05, 0) is 55.5 Å². The van der Waals surface area contributed by atoms with Crippen molar-refractivity contribution in [3.05, 3.63) is 58.9 Å². The van der Waals surface area contributed by atoms with E-state index in [9.17, 15) is 13.2 Å². The molecule has 1 aromatic heterocycles. The van der Waals surface area contributed by atoms with Crippen molar-refractivity contribution in [2.45, 2.75) is 37.2 Å². The van der Waals surface area contributed by atoms with E-state index in [1.165, 1.54) is 18.2 Å². The van der Waals surface area contributed by atoms with Crippen LogP contribution in [0.1, 0.15) is 35.7 Å². The largest absolute Gasteiger partial charge is 0.349 e. The fraction of sp³-hybridized carbons (Fsp3) is 0.333. The summed E-state index contributed by atoms with van der Waals surface area (Å²) < 4.78 is 27.7. The second kappa shape index (κ2) is 7.73. The lowest BCUT2D eigenvalue weighted by Crippen LogP contribution is -2.34. The fourth-order valence-corrected chi connectivity index (χ4v) is 4.15. The summed E-state index contributed by atoms with van der Waals surface area (Å²) in [5, 5.41) is 2.97. The molecule has 1 amide bonds. The molecule has 26 heavy (non-hydrogen) atoms. The summed E-state index contributed by atoms with van der Waals surface area (Å²) in [6, 6.07) is 7.82. The highest BCUT2D eigenvalue weighted by Gasteiger charge is 2.29. The third kappa shape index (κ3) is 4.60. The molecule has 0 spiro atoms. The van der Waals surface area contributed by atoms with Gasteiger partial charge in [0.15, 0.2) is 0 Å². The van der Waals surface area contributed by atoms with Crippen LogP contribution >= 0.6 is 11.6 Å². The Bertz CT molecular complexity index is 899. The molecule has 1 aliphatic rings. The number of amides is 1. The Hall–Kier alpha value is -1.96. The molecule has 0 saturated heterocycles. The van der Waals surface area contributed by atoms with Crippen LogP contribution in [0.15, 0.2) is 47.6 Å². The molecule has 6 nitrogen and oxygen atoms in total. The van der Waals surface area contributed by atoms with Gasteiger partial charge in [0, 0.05) is 30.5 Å². The molecule has 138 valence electrons. The Labute approximate surface area is 158 Å². The molecule has 3 rings (SSSR count). The summed E-state index contributed by atoms with van der Waals surface area (Å²) in [7, 11) is -3.87. The Morgan fingerprint density at radius 3 is 2.77 bits per heavy atom. The molecule has 0 unspecified atom stereocenters. The number of rotatable bonds is 7. The zero-order valence-corrected chi connectivity index (χ0v) is 15.8. The number of hydrogen-bond acceptors (Lipinski definition) is 4. The number of benzene rings is 1. The number of aromatic nitrogens is 1. The normalized spacial score (nSPS) is 15.5. The first-order valence-electron chi connectivity index (χ1n) is 8.36. The summed E-state index contributed by atoms with van der Waals surface area (Å²) in [5.41, 5.74) is 0.989. The SMILES string of the molecule is C[C@H](NC(=O)c1ccc(Cl)c(S(=O)(=O)NCc2cccnc2)c1)C1CC1. The molecule has 1 fully saturated rings. The summed E-state index contributed by atoms with van der Waals surface area (Å²) in [5.74, 6) is 0.209. The van der Waals surface area contributed by atoms with Crippen LogP contribution in [0.25, 0.3) is 0 Å². The van der Waals surface area contributed by atoms with Gasteiger partial charge in [0.05, 0.1) is 5.02 Å². The number of nitrogens with zero attached hydrogens (tertiary/aromatic N) is 1. The van der Waals surface area contributed by atoms with Crippen molar-refractivity contribution in [2.75, 3.05) is 0 Å². The van der Waals surface area contributed by atoms with E-state index in [1.807, 2.05) is 6.92 Å². The van der Waals surface area contributed by atoms with E-state index in [0.717, 1.165) is 18.4 Å². The number of hydrogen-bond donors (Lipinski definition) is 2. The average Bonchev–Trinajstić information content (AvgIpc) is 3.46. The van der Waals surface area contributed by atoms with Gasteiger partial charge in [0.2, 0.25) is 10.0 Å². The fourth-order valence-electron chi connectivity index (χ4n) is 2.61. The molecular formula is C18H20ClN3O3S. The Morgan fingerprint density at radius 1 is 1.35 bits per heavy atom. The van der Waals surface area contributed by atoms with Gasteiger partial charge in [-0.3, -0.25) is 9.78 Å². The molecule has 1 aromatic carbocycles. The molecule has 1 aliphatic carbocycles. The average molecular weight is 394 g/mol. The highest BCUT2D eigenvalue weighted by molar-refractivity contribution is 7.89. The van der Waals surface area contributed by atoms with Gasteiger partial charge < -0.3 is 5.32 Å². The van der Waals surface area contributed by atoms with Crippen molar-refractivity contribution in [2.24, 2.45) is 5.92 Å². The van der Waals surface area contributed by atoms with Crippen molar-refractivity contribution in [1.82, 2.24) is 15.0 Å². The zero-order valence-electron chi connectivity index (χ0n) is 14.3. The summed E-state index contributed by atoms with van der Waals surface area (Å²) in [6.45, 7) is 2.04.